The zero-order valence-electron chi connectivity index (χ0n) is 12.1. The zero-order chi connectivity index (χ0) is 15.2. The van der Waals surface area contributed by atoms with Crippen molar-refractivity contribution < 1.29 is 14.7 Å². The van der Waals surface area contributed by atoms with Crippen molar-refractivity contribution in [3.05, 3.63) is 24.0 Å². The van der Waals surface area contributed by atoms with Gasteiger partial charge in [-0.1, -0.05) is 26.2 Å². The number of carbonyl (C=O) groups is 2. The Balaban J connectivity index is 1.90. The van der Waals surface area contributed by atoms with Gasteiger partial charge in [-0.15, -0.1) is 0 Å². The summed E-state index contributed by atoms with van der Waals surface area (Å²) in [6.07, 6.45) is 6.98. The third-order valence-electron chi connectivity index (χ3n) is 3.99. The second kappa shape index (κ2) is 7.06. The van der Waals surface area contributed by atoms with Crippen LogP contribution in [0.1, 0.15) is 49.5 Å². The van der Waals surface area contributed by atoms with Crippen molar-refractivity contribution in [3.63, 3.8) is 0 Å². The van der Waals surface area contributed by atoms with Gasteiger partial charge >= 0.3 is 12.0 Å². The lowest BCUT2D eigenvalue weighted by atomic mass is 9.83. The van der Waals surface area contributed by atoms with Gasteiger partial charge in [-0.2, -0.15) is 0 Å². The number of amides is 2. The van der Waals surface area contributed by atoms with Crippen LogP contribution < -0.4 is 10.6 Å². The van der Waals surface area contributed by atoms with Crippen molar-refractivity contribution >= 4 is 17.7 Å². The van der Waals surface area contributed by atoms with E-state index in [4.69, 9.17) is 5.11 Å². The molecule has 1 aromatic heterocycles. The van der Waals surface area contributed by atoms with Crippen LogP contribution in [0.2, 0.25) is 0 Å². The van der Waals surface area contributed by atoms with E-state index in [-0.39, 0.29) is 17.8 Å². The average Bonchev–Trinajstić information content (AvgIpc) is 2.48. The largest absolute Gasteiger partial charge is 0.477 e. The number of carboxylic acid groups (broad SMARTS) is 1. The van der Waals surface area contributed by atoms with E-state index in [1.165, 1.54) is 24.8 Å². The lowest BCUT2D eigenvalue weighted by Gasteiger charge is -2.31. The van der Waals surface area contributed by atoms with Crippen LogP contribution in [-0.4, -0.2) is 28.1 Å². The molecule has 1 aliphatic carbocycles. The van der Waals surface area contributed by atoms with Gasteiger partial charge in [-0.25, -0.2) is 14.6 Å². The Bertz CT molecular complexity index is 501. The average molecular weight is 291 g/mol. The molecule has 0 saturated heterocycles. The van der Waals surface area contributed by atoms with E-state index in [0.29, 0.717) is 11.6 Å². The van der Waals surface area contributed by atoms with E-state index in [9.17, 15) is 9.59 Å². The predicted molar refractivity (Wildman–Crippen MR) is 79.4 cm³/mol. The van der Waals surface area contributed by atoms with E-state index in [2.05, 4.69) is 22.5 Å². The van der Waals surface area contributed by atoms with Gasteiger partial charge in [-0.3, -0.25) is 0 Å². The quantitative estimate of drug-likeness (QED) is 0.795. The number of nitrogens with one attached hydrogen (secondary N) is 2. The van der Waals surface area contributed by atoms with Crippen LogP contribution in [0.25, 0.3) is 0 Å². The second-order valence-electron chi connectivity index (χ2n) is 5.40. The third-order valence-corrected chi connectivity index (χ3v) is 3.99. The molecule has 0 bridgehead atoms. The molecular formula is C15H21N3O3. The number of nitrogens with zero attached hydrogens (tertiary/aromatic N) is 1. The molecule has 114 valence electrons. The Labute approximate surface area is 124 Å². The zero-order valence-corrected chi connectivity index (χ0v) is 12.1. The first-order valence-electron chi connectivity index (χ1n) is 7.37. The van der Waals surface area contributed by atoms with E-state index in [0.717, 1.165) is 25.7 Å². The SMILES string of the molecule is CCC1CCCCC1NC(=O)Nc1ccc(C(=O)O)nc1. The highest BCUT2D eigenvalue weighted by atomic mass is 16.4. The first-order chi connectivity index (χ1) is 10.1. The summed E-state index contributed by atoms with van der Waals surface area (Å²) in [7, 11) is 0. The number of pyridine rings is 1. The van der Waals surface area contributed by atoms with Gasteiger partial charge in [0.15, 0.2) is 0 Å². The summed E-state index contributed by atoms with van der Waals surface area (Å²) in [5.41, 5.74) is 0.445. The molecular weight excluding hydrogens is 270 g/mol. The minimum atomic E-state index is -1.08. The molecule has 1 heterocycles. The van der Waals surface area contributed by atoms with Crippen LogP contribution >= 0.6 is 0 Å². The van der Waals surface area contributed by atoms with Crippen molar-refractivity contribution in [3.8, 4) is 0 Å². The molecule has 2 rings (SSSR count). The smallest absolute Gasteiger partial charge is 0.354 e. The Morgan fingerprint density at radius 3 is 2.71 bits per heavy atom. The van der Waals surface area contributed by atoms with E-state index in [1.54, 1.807) is 0 Å². The van der Waals surface area contributed by atoms with Gasteiger partial charge in [0.25, 0.3) is 0 Å². The molecule has 6 nitrogen and oxygen atoms in total. The fraction of sp³-hybridized carbons (Fsp3) is 0.533. The Kier molecular flexibility index (Phi) is 5.14. The summed E-state index contributed by atoms with van der Waals surface area (Å²) in [5.74, 6) is -0.545. The lowest BCUT2D eigenvalue weighted by molar-refractivity contribution is 0.0690. The minimum Gasteiger partial charge on any atom is -0.477 e. The van der Waals surface area contributed by atoms with Gasteiger partial charge in [0.05, 0.1) is 11.9 Å². The number of urea groups is 1. The molecule has 1 saturated carbocycles. The molecule has 2 unspecified atom stereocenters. The van der Waals surface area contributed by atoms with Crippen molar-refractivity contribution in [1.82, 2.24) is 10.3 Å². The minimum absolute atomic E-state index is 0.0423. The normalized spacial score (nSPS) is 21.6. The van der Waals surface area contributed by atoms with E-state index >= 15 is 0 Å². The number of hydrogen-bond acceptors (Lipinski definition) is 3. The summed E-state index contributed by atoms with van der Waals surface area (Å²) in [4.78, 5) is 26.5. The number of anilines is 1. The maximum Gasteiger partial charge on any atom is 0.354 e. The molecule has 0 radical (unpaired) electrons. The van der Waals surface area contributed by atoms with Crippen molar-refractivity contribution in [2.75, 3.05) is 5.32 Å². The molecule has 3 N–H and O–H groups in total. The van der Waals surface area contributed by atoms with Crippen molar-refractivity contribution in [2.24, 2.45) is 5.92 Å². The highest BCUT2D eigenvalue weighted by Gasteiger charge is 2.24. The third kappa shape index (κ3) is 4.18. The highest BCUT2D eigenvalue weighted by Crippen LogP contribution is 2.26. The molecule has 0 aromatic carbocycles. The predicted octanol–water partition coefficient (Wildman–Crippen LogP) is 2.87. The number of carbonyl (C=O) groups excluding carboxylic acids is 1. The summed E-state index contributed by atoms with van der Waals surface area (Å²) in [6, 6.07) is 2.86. The first-order valence-corrected chi connectivity index (χ1v) is 7.37. The number of carboxylic acids is 1. The molecule has 0 spiro atoms. The maximum atomic E-state index is 12.0. The van der Waals surface area contributed by atoms with Gasteiger partial charge in [0.1, 0.15) is 5.69 Å². The molecule has 6 heteroatoms. The number of hydrogen-bond donors (Lipinski definition) is 3. The molecule has 1 fully saturated rings. The lowest BCUT2D eigenvalue weighted by Crippen LogP contribution is -2.43. The number of rotatable bonds is 4. The van der Waals surface area contributed by atoms with E-state index in [1.807, 2.05) is 0 Å². The molecule has 1 aliphatic rings. The summed E-state index contributed by atoms with van der Waals surface area (Å²) < 4.78 is 0. The molecule has 2 amide bonds. The maximum absolute atomic E-state index is 12.0. The Morgan fingerprint density at radius 1 is 1.33 bits per heavy atom. The van der Waals surface area contributed by atoms with Crippen molar-refractivity contribution in [1.29, 1.82) is 0 Å². The van der Waals surface area contributed by atoms with Crippen LogP contribution in [0.15, 0.2) is 18.3 Å². The molecule has 0 aliphatic heterocycles. The summed E-state index contributed by atoms with van der Waals surface area (Å²) >= 11 is 0. The Morgan fingerprint density at radius 2 is 2.10 bits per heavy atom. The molecule has 1 aromatic rings. The van der Waals surface area contributed by atoms with Gasteiger partial charge in [0.2, 0.25) is 0 Å². The fourth-order valence-corrected chi connectivity index (χ4v) is 2.82. The van der Waals surface area contributed by atoms with Crippen LogP contribution in [0.4, 0.5) is 10.5 Å². The van der Waals surface area contributed by atoms with Crippen LogP contribution in [0.3, 0.4) is 0 Å². The van der Waals surface area contributed by atoms with Gasteiger partial charge in [-0.05, 0) is 30.9 Å². The first kappa shape index (κ1) is 15.3. The highest BCUT2D eigenvalue weighted by molar-refractivity contribution is 5.90. The topological polar surface area (TPSA) is 91.3 Å². The summed E-state index contributed by atoms with van der Waals surface area (Å²) in [5, 5.41) is 14.5. The van der Waals surface area contributed by atoms with Crippen LogP contribution in [-0.2, 0) is 0 Å². The standard InChI is InChI=1S/C15H21N3O3/c1-2-10-5-3-4-6-12(10)18-15(21)17-11-7-8-13(14(19)20)16-9-11/h7-10,12H,2-6H2,1H3,(H,19,20)(H2,17,18,21). The number of aromatic nitrogens is 1. The molecule has 21 heavy (non-hydrogen) atoms. The fourth-order valence-electron chi connectivity index (χ4n) is 2.82. The van der Waals surface area contributed by atoms with Crippen molar-refractivity contribution in [2.45, 2.75) is 45.1 Å². The summed E-state index contributed by atoms with van der Waals surface area (Å²) in [6.45, 7) is 2.15. The second-order valence-corrected chi connectivity index (χ2v) is 5.40. The number of aromatic carboxylic acids is 1. The van der Waals surface area contributed by atoms with Gasteiger partial charge < -0.3 is 15.7 Å². The van der Waals surface area contributed by atoms with E-state index < -0.39 is 5.97 Å². The molecule has 2 atom stereocenters. The Hall–Kier alpha value is -2.11. The van der Waals surface area contributed by atoms with Crippen LogP contribution in [0, 0.1) is 5.92 Å². The van der Waals surface area contributed by atoms with Gasteiger partial charge in [0, 0.05) is 6.04 Å². The monoisotopic (exact) mass is 291 g/mol. The van der Waals surface area contributed by atoms with Crippen LogP contribution in [0.5, 0.6) is 0 Å².